The van der Waals surface area contributed by atoms with Crippen LogP contribution in [0.1, 0.15) is 66.7 Å². The zero-order valence-electron chi connectivity index (χ0n) is 11.2. The molecule has 1 N–H and O–H groups in total. The molecular weight excluding hydrogens is 186 g/mol. The zero-order chi connectivity index (χ0) is 12.1. The van der Waals surface area contributed by atoms with E-state index in [0.29, 0.717) is 11.8 Å². The summed E-state index contributed by atoms with van der Waals surface area (Å²) in [6.45, 7) is 11.1. The molecule has 0 aliphatic carbocycles. The third-order valence-corrected chi connectivity index (χ3v) is 2.37. The van der Waals surface area contributed by atoms with Crippen LogP contribution in [-0.2, 0) is 4.79 Å². The fourth-order valence-electron chi connectivity index (χ4n) is 1.38. The van der Waals surface area contributed by atoms with Crippen LogP contribution in [0.25, 0.3) is 0 Å². The molecule has 0 rings (SSSR count). The molecule has 0 heterocycles. The van der Waals surface area contributed by atoms with Crippen LogP contribution < -0.4 is 5.32 Å². The molecule has 0 aromatic carbocycles. The largest absolute Gasteiger partial charge is 0.314 e. The molecule has 0 saturated heterocycles. The van der Waals surface area contributed by atoms with E-state index in [0.717, 1.165) is 25.8 Å². The number of unbranched alkanes of at least 4 members (excludes halogenated alkanes) is 1. The van der Waals surface area contributed by atoms with Crippen LogP contribution in [0.2, 0.25) is 0 Å². The van der Waals surface area contributed by atoms with Gasteiger partial charge in [-0.15, -0.1) is 0 Å². The summed E-state index contributed by atoms with van der Waals surface area (Å²) in [5.41, 5.74) is 0. The van der Waals surface area contributed by atoms with Gasteiger partial charge in [0.05, 0.1) is 0 Å². The van der Waals surface area contributed by atoms with Gasteiger partial charge in [-0.1, -0.05) is 27.7 Å². The Kier molecular flexibility index (Phi) is 15.5. The molecule has 0 radical (unpaired) electrons. The lowest BCUT2D eigenvalue weighted by atomic mass is 10.1. The molecule has 92 valence electrons. The van der Waals surface area contributed by atoms with Gasteiger partial charge in [0.15, 0.2) is 0 Å². The first kappa shape index (κ1) is 17.0. The number of Topliss-reactive ketones (excluding diaryl/α,β-unsaturated/α-hetero) is 1. The molecule has 0 aromatic rings. The van der Waals surface area contributed by atoms with Crippen molar-refractivity contribution in [1.29, 1.82) is 0 Å². The predicted octanol–water partition coefficient (Wildman–Crippen LogP) is 3.55. The normalized spacial score (nSPS) is 9.73. The third kappa shape index (κ3) is 13.6. The monoisotopic (exact) mass is 215 g/mol. The molecular formula is C13H29NO. The summed E-state index contributed by atoms with van der Waals surface area (Å²) in [5, 5.41) is 3.48. The van der Waals surface area contributed by atoms with Gasteiger partial charge in [-0.25, -0.2) is 0 Å². The quantitative estimate of drug-likeness (QED) is 0.627. The Balaban J connectivity index is 0. The van der Waals surface area contributed by atoms with Gasteiger partial charge in [0.25, 0.3) is 0 Å². The first-order chi connectivity index (χ1) is 7.20. The van der Waals surface area contributed by atoms with E-state index in [-0.39, 0.29) is 0 Å². The molecule has 0 spiro atoms. The van der Waals surface area contributed by atoms with Crippen molar-refractivity contribution in [2.45, 2.75) is 72.8 Å². The first-order valence-corrected chi connectivity index (χ1v) is 6.43. The Morgan fingerprint density at radius 2 is 1.67 bits per heavy atom. The number of nitrogens with one attached hydrogen (secondary N) is 1. The summed E-state index contributed by atoms with van der Waals surface area (Å²) in [7, 11) is 0. The Bertz CT molecular complexity index is 130. The molecule has 0 unspecified atom stereocenters. The van der Waals surface area contributed by atoms with Crippen LogP contribution in [0.3, 0.4) is 0 Å². The summed E-state index contributed by atoms with van der Waals surface area (Å²) in [4.78, 5) is 10.6. The molecule has 2 nitrogen and oxygen atoms in total. The van der Waals surface area contributed by atoms with E-state index in [4.69, 9.17) is 0 Å². The molecule has 15 heavy (non-hydrogen) atoms. The topological polar surface area (TPSA) is 29.1 Å². The second-order valence-electron chi connectivity index (χ2n) is 3.63. The Labute approximate surface area is 95.8 Å². The predicted molar refractivity (Wildman–Crippen MR) is 68.3 cm³/mol. The van der Waals surface area contributed by atoms with Gasteiger partial charge in [-0.3, -0.25) is 0 Å². The molecule has 0 aliphatic heterocycles. The van der Waals surface area contributed by atoms with Gasteiger partial charge in [-0.05, 0) is 39.2 Å². The van der Waals surface area contributed by atoms with Crippen molar-refractivity contribution in [3.63, 3.8) is 0 Å². The summed E-state index contributed by atoms with van der Waals surface area (Å²) in [6, 6.07) is 0.664. The van der Waals surface area contributed by atoms with Crippen molar-refractivity contribution in [3.8, 4) is 0 Å². The van der Waals surface area contributed by atoms with Crippen LogP contribution in [0, 0.1) is 0 Å². The fraction of sp³-hybridized carbons (Fsp3) is 0.923. The van der Waals surface area contributed by atoms with E-state index in [2.05, 4.69) is 19.2 Å². The zero-order valence-corrected chi connectivity index (χ0v) is 11.2. The highest BCUT2D eigenvalue weighted by atomic mass is 16.1. The van der Waals surface area contributed by atoms with Crippen LogP contribution in [0.15, 0.2) is 0 Å². The van der Waals surface area contributed by atoms with Crippen molar-refractivity contribution >= 4 is 5.78 Å². The van der Waals surface area contributed by atoms with Crippen LogP contribution in [0.5, 0.6) is 0 Å². The van der Waals surface area contributed by atoms with E-state index in [1.807, 2.05) is 13.8 Å². The van der Waals surface area contributed by atoms with Gasteiger partial charge >= 0.3 is 0 Å². The summed E-state index contributed by atoms with van der Waals surface area (Å²) < 4.78 is 0. The lowest BCUT2D eigenvalue weighted by Gasteiger charge is -2.13. The van der Waals surface area contributed by atoms with Gasteiger partial charge in [0.1, 0.15) is 5.78 Å². The maximum absolute atomic E-state index is 10.6. The average Bonchev–Trinajstić information content (AvgIpc) is 2.26. The standard InChI is InChI=1S/C11H23NO.C2H6/c1-4-11(5-2)12-9-7-6-8-10(3)13;1-2/h11-12H,4-9H2,1-3H3;1-2H3. The van der Waals surface area contributed by atoms with Crippen molar-refractivity contribution in [2.24, 2.45) is 0 Å². The minimum atomic E-state index is 0.308. The number of rotatable bonds is 8. The SMILES string of the molecule is CC.CCC(CC)NCCCCC(C)=O. The molecule has 0 bridgehead atoms. The highest BCUT2D eigenvalue weighted by molar-refractivity contribution is 5.75. The van der Waals surface area contributed by atoms with Gasteiger partial charge in [0.2, 0.25) is 0 Å². The third-order valence-electron chi connectivity index (χ3n) is 2.37. The molecule has 0 amide bonds. The Morgan fingerprint density at radius 3 is 2.07 bits per heavy atom. The lowest BCUT2D eigenvalue weighted by molar-refractivity contribution is -0.117. The van der Waals surface area contributed by atoms with Gasteiger partial charge in [0, 0.05) is 12.5 Å². The van der Waals surface area contributed by atoms with E-state index in [9.17, 15) is 4.79 Å². The second-order valence-corrected chi connectivity index (χ2v) is 3.63. The van der Waals surface area contributed by atoms with Crippen LogP contribution in [-0.4, -0.2) is 18.4 Å². The van der Waals surface area contributed by atoms with Crippen LogP contribution >= 0.6 is 0 Å². The first-order valence-electron chi connectivity index (χ1n) is 6.43. The van der Waals surface area contributed by atoms with E-state index in [1.165, 1.54) is 12.8 Å². The number of hydrogen-bond donors (Lipinski definition) is 1. The summed E-state index contributed by atoms with van der Waals surface area (Å²) >= 11 is 0. The van der Waals surface area contributed by atoms with Crippen molar-refractivity contribution in [3.05, 3.63) is 0 Å². The molecule has 0 aliphatic rings. The number of carbonyl (C=O) groups excluding carboxylic acids is 1. The average molecular weight is 215 g/mol. The number of carbonyl (C=O) groups is 1. The van der Waals surface area contributed by atoms with Crippen molar-refractivity contribution in [1.82, 2.24) is 5.32 Å². The second kappa shape index (κ2) is 13.6. The van der Waals surface area contributed by atoms with Gasteiger partial charge < -0.3 is 10.1 Å². The fourth-order valence-corrected chi connectivity index (χ4v) is 1.38. The summed E-state index contributed by atoms with van der Waals surface area (Å²) in [6.07, 6.45) is 5.29. The van der Waals surface area contributed by atoms with Crippen molar-refractivity contribution < 1.29 is 4.79 Å². The minimum Gasteiger partial charge on any atom is -0.314 e. The maximum atomic E-state index is 10.6. The molecule has 0 atom stereocenters. The molecule has 0 saturated carbocycles. The van der Waals surface area contributed by atoms with E-state index in [1.54, 1.807) is 6.92 Å². The Morgan fingerprint density at radius 1 is 1.13 bits per heavy atom. The van der Waals surface area contributed by atoms with Crippen LogP contribution in [0.4, 0.5) is 0 Å². The molecule has 2 heteroatoms. The number of ketones is 1. The highest BCUT2D eigenvalue weighted by Crippen LogP contribution is 1.98. The van der Waals surface area contributed by atoms with Gasteiger partial charge in [-0.2, -0.15) is 0 Å². The minimum absolute atomic E-state index is 0.308. The van der Waals surface area contributed by atoms with E-state index >= 15 is 0 Å². The van der Waals surface area contributed by atoms with E-state index < -0.39 is 0 Å². The molecule has 0 aromatic heterocycles. The Hall–Kier alpha value is -0.370. The summed E-state index contributed by atoms with van der Waals surface area (Å²) in [5.74, 6) is 0.308. The van der Waals surface area contributed by atoms with Crippen molar-refractivity contribution in [2.75, 3.05) is 6.54 Å². The molecule has 0 fully saturated rings. The number of hydrogen-bond acceptors (Lipinski definition) is 2. The highest BCUT2D eigenvalue weighted by Gasteiger charge is 2.00. The smallest absolute Gasteiger partial charge is 0.129 e. The maximum Gasteiger partial charge on any atom is 0.129 e. The lowest BCUT2D eigenvalue weighted by Crippen LogP contribution is -2.28.